The fourth-order valence-electron chi connectivity index (χ4n) is 2.29. The molecule has 0 unspecified atom stereocenters. The average Bonchev–Trinajstić information content (AvgIpc) is 2.46. The second-order valence-corrected chi connectivity index (χ2v) is 4.88. The van der Waals surface area contributed by atoms with Crippen LogP contribution >= 0.6 is 0 Å². The lowest BCUT2D eigenvalue weighted by molar-refractivity contribution is 0.0595. The summed E-state index contributed by atoms with van der Waals surface area (Å²) in [6, 6.07) is 1.87. The number of esters is 1. The van der Waals surface area contributed by atoms with Crippen LogP contribution in [-0.2, 0) is 4.74 Å². The first-order valence-corrected chi connectivity index (χ1v) is 6.63. The number of halogens is 2. The van der Waals surface area contributed by atoms with Crippen molar-refractivity contribution in [2.24, 2.45) is 5.92 Å². The van der Waals surface area contributed by atoms with Gasteiger partial charge in [0, 0.05) is 12.6 Å². The highest BCUT2D eigenvalue weighted by Gasteiger charge is 2.18. The highest BCUT2D eigenvalue weighted by atomic mass is 19.1. The summed E-state index contributed by atoms with van der Waals surface area (Å²) in [6.45, 7) is 2.50. The van der Waals surface area contributed by atoms with Gasteiger partial charge in [0.2, 0.25) is 0 Å². The molecular formula is C14H18F2N2O2. The Morgan fingerprint density at radius 2 is 2.05 bits per heavy atom. The fraction of sp³-hybridized carbons (Fsp3) is 0.500. The Bertz CT molecular complexity index is 488. The summed E-state index contributed by atoms with van der Waals surface area (Å²) in [5.74, 6) is -1.99. The van der Waals surface area contributed by atoms with Crippen molar-refractivity contribution in [2.45, 2.75) is 12.8 Å². The normalized spacial score (nSPS) is 15.9. The molecule has 20 heavy (non-hydrogen) atoms. The molecule has 6 heteroatoms. The Kier molecular flexibility index (Phi) is 4.89. The summed E-state index contributed by atoms with van der Waals surface area (Å²) >= 11 is 0. The van der Waals surface area contributed by atoms with Gasteiger partial charge in [-0.15, -0.1) is 0 Å². The van der Waals surface area contributed by atoms with Crippen LogP contribution in [0.5, 0.6) is 0 Å². The Morgan fingerprint density at radius 1 is 1.35 bits per heavy atom. The Morgan fingerprint density at radius 3 is 2.70 bits per heavy atom. The van der Waals surface area contributed by atoms with E-state index in [1.54, 1.807) is 0 Å². The Balaban J connectivity index is 2.08. The molecule has 0 amide bonds. The van der Waals surface area contributed by atoms with E-state index in [0.29, 0.717) is 18.5 Å². The molecule has 0 saturated carbocycles. The topological polar surface area (TPSA) is 50.4 Å². The van der Waals surface area contributed by atoms with Crippen LogP contribution in [0.2, 0.25) is 0 Å². The van der Waals surface area contributed by atoms with Gasteiger partial charge in [-0.05, 0) is 37.9 Å². The van der Waals surface area contributed by atoms with Gasteiger partial charge >= 0.3 is 5.97 Å². The van der Waals surface area contributed by atoms with E-state index in [9.17, 15) is 13.6 Å². The van der Waals surface area contributed by atoms with E-state index in [2.05, 4.69) is 15.4 Å². The quantitative estimate of drug-likeness (QED) is 0.832. The second kappa shape index (κ2) is 6.65. The van der Waals surface area contributed by atoms with Gasteiger partial charge in [0.05, 0.1) is 18.4 Å². The predicted molar refractivity (Wildman–Crippen MR) is 71.8 cm³/mol. The third-order valence-electron chi connectivity index (χ3n) is 3.50. The number of hydrogen-bond donors (Lipinski definition) is 2. The number of anilines is 1. The van der Waals surface area contributed by atoms with Crippen LogP contribution in [0.3, 0.4) is 0 Å². The molecule has 0 radical (unpaired) electrons. The molecule has 1 aromatic carbocycles. The van der Waals surface area contributed by atoms with Crippen molar-refractivity contribution in [3.63, 3.8) is 0 Å². The van der Waals surface area contributed by atoms with Crippen molar-refractivity contribution in [3.8, 4) is 0 Å². The zero-order chi connectivity index (χ0) is 14.5. The molecule has 2 N–H and O–H groups in total. The minimum atomic E-state index is -0.915. The van der Waals surface area contributed by atoms with E-state index in [0.717, 1.165) is 39.1 Å². The minimum Gasteiger partial charge on any atom is -0.465 e. The van der Waals surface area contributed by atoms with Crippen LogP contribution in [0.25, 0.3) is 0 Å². The second-order valence-electron chi connectivity index (χ2n) is 4.88. The van der Waals surface area contributed by atoms with Gasteiger partial charge in [-0.3, -0.25) is 0 Å². The average molecular weight is 284 g/mol. The van der Waals surface area contributed by atoms with E-state index in [-0.39, 0.29) is 11.3 Å². The molecule has 1 saturated heterocycles. The number of carbonyl (C=O) groups excluding carboxylic acids is 1. The maximum atomic E-state index is 13.7. The molecule has 1 aromatic rings. The van der Waals surface area contributed by atoms with Crippen molar-refractivity contribution < 1.29 is 18.3 Å². The zero-order valence-electron chi connectivity index (χ0n) is 11.3. The number of hydrogen-bond acceptors (Lipinski definition) is 4. The molecule has 4 nitrogen and oxygen atoms in total. The van der Waals surface area contributed by atoms with Crippen LogP contribution < -0.4 is 10.6 Å². The summed E-state index contributed by atoms with van der Waals surface area (Å²) in [6.07, 6.45) is 2.03. The summed E-state index contributed by atoms with van der Waals surface area (Å²) in [4.78, 5) is 11.4. The third-order valence-corrected chi connectivity index (χ3v) is 3.50. The number of nitrogens with one attached hydrogen (secondary N) is 2. The van der Waals surface area contributed by atoms with Crippen molar-refractivity contribution in [1.82, 2.24) is 5.32 Å². The molecule has 0 bridgehead atoms. The largest absolute Gasteiger partial charge is 0.465 e. The van der Waals surface area contributed by atoms with Gasteiger partial charge in [-0.2, -0.15) is 0 Å². The molecule has 1 aliphatic rings. The van der Waals surface area contributed by atoms with Gasteiger partial charge in [-0.1, -0.05) is 0 Å². The molecule has 110 valence electrons. The third kappa shape index (κ3) is 3.45. The van der Waals surface area contributed by atoms with Gasteiger partial charge in [0.1, 0.15) is 11.6 Å². The van der Waals surface area contributed by atoms with Crippen LogP contribution in [0.1, 0.15) is 23.2 Å². The summed E-state index contributed by atoms with van der Waals surface area (Å²) in [7, 11) is 1.16. The van der Waals surface area contributed by atoms with Crippen LogP contribution in [0, 0.1) is 17.6 Å². The molecule has 1 aliphatic heterocycles. The highest BCUT2D eigenvalue weighted by Crippen LogP contribution is 2.21. The van der Waals surface area contributed by atoms with Crippen LogP contribution in [-0.4, -0.2) is 32.7 Å². The molecular weight excluding hydrogens is 266 g/mol. The maximum absolute atomic E-state index is 13.7. The number of ether oxygens (including phenoxy) is 1. The molecule has 0 aliphatic carbocycles. The van der Waals surface area contributed by atoms with E-state index in [1.165, 1.54) is 0 Å². The number of methoxy groups -OCH3 is 1. The van der Waals surface area contributed by atoms with Crippen molar-refractivity contribution in [3.05, 3.63) is 29.3 Å². The maximum Gasteiger partial charge on any atom is 0.340 e. The molecule has 0 atom stereocenters. The molecule has 0 aromatic heterocycles. The minimum absolute atomic E-state index is 0.130. The van der Waals surface area contributed by atoms with E-state index >= 15 is 0 Å². The fourth-order valence-corrected chi connectivity index (χ4v) is 2.29. The number of benzene rings is 1. The van der Waals surface area contributed by atoms with Crippen molar-refractivity contribution >= 4 is 11.7 Å². The van der Waals surface area contributed by atoms with Crippen LogP contribution in [0.15, 0.2) is 12.1 Å². The standard InChI is InChI=1S/C14H18F2N2O2/c1-20-14(19)10-6-13(12(16)7-11(10)15)18-8-9-2-4-17-5-3-9/h6-7,9,17-18H,2-5,8H2,1H3. The van der Waals surface area contributed by atoms with Gasteiger partial charge in [0.15, 0.2) is 0 Å². The Hall–Kier alpha value is -1.69. The van der Waals surface area contributed by atoms with Crippen LogP contribution in [0.4, 0.5) is 14.5 Å². The first-order valence-electron chi connectivity index (χ1n) is 6.63. The van der Waals surface area contributed by atoms with E-state index in [4.69, 9.17) is 0 Å². The number of rotatable bonds is 4. The van der Waals surface area contributed by atoms with Gasteiger partial charge in [-0.25, -0.2) is 13.6 Å². The van der Waals surface area contributed by atoms with Crippen molar-refractivity contribution in [2.75, 3.05) is 32.1 Å². The Labute approximate surface area is 116 Å². The highest BCUT2D eigenvalue weighted by molar-refractivity contribution is 5.90. The number of piperidine rings is 1. The molecule has 0 spiro atoms. The van der Waals surface area contributed by atoms with Gasteiger partial charge in [0.25, 0.3) is 0 Å². The summed E-state index contributed by atoms with van der Waals surface area (Å²) < 4.78 is 31.6. The van der Waals surface area contributed by atoms with Crippen molar-refractivity contribution in [1.29, 1.82) is 0 Å². The molecule has 2 rings (SSSR count). The van der Waals surface area contributed by atoms with Gasteiger partial charge < -0.3 is 15.4 Å². The first-order chi connectivity index (χ1) is 9.61. The summed E-state index contributed by atoms with van der Waals surface area (Å²) in [5.41, 5.74) is -0.132. The number of carbonyl (C=O) groups is 1. The molecule has 1 fully saturated rings. The monoisotopic (exact) mass is 284 g/mol. The van der Waals surface area contributed by atoms with E-state index in [1.807, 2.05) is 0 Å². The van der Waals surface area contributed by atoms with E-state index < -0.39 is 17.6 Å². The first kappa shape index (κ1) is 14.7. The summed E-state index contributed by atoms with van der Waals surface area (Å²) in [5, 5.41) is 6.20. The smallest absolute Gasteiger partial charge is 0.340 e. The SMILES string of the molecule is COC(=O)c1cc(NCC2CCNCC2)c(F)cc1F. The predicted octanol–water partition coefficient (Wildman–Crippen LogP) is 2.16. The lowest BCUT2D eigenvalue weighted by Crippen LogP contribution is -2.31. The lowest BCUT2D eigenvalue weighted by Gasteiger charge is -2.23. The zero-order valence-corrected chi connectivity index (χ0v) is 11.3. The molecule has 1 heterocycles. The lowest BCUT2D eigenvalue weighted by atomic mass is 9.98.